The van der Waals surface area contributed by atoms with Crippen LogP contribution in [-0.4, -0.2) is 144 Å². The van der Waals surface area contributed by atoms with Crippen LogP contribution in [0, 0.1) is 47.3 Å². The van der Waals surface area contributed by atoms with Gasteiger partial charge in [-0.05, 0) is 149 Å². The van der Waals surface area contributed by atoms with E-state index < -0.39 is 133 Å². The third-order valence-electron chi connectivity index (χ3n) is 17.3. The Morgan fingerprint density at radius 3 is 1.30 bits per heavy atom. The SMILES string of the molecule is O=S(=O)(CCO)c1ccc(NS(=O)(=O)C2CCC3C4[N-]C(NC5[N-]C(NC6NC(NC7NC(N4)C4CC(S(=O)(=O)O)CCC74)C4CC(S(=O)(=O)O)CCC64)C4CC(S(=O)(=O)O)CCC54)C3C2)cc1.[Cu+2]. The summed E-state index contributed by atoms with van der Waals surface area (Å²) in [5.74, 6) is -2.42. The molecule has 69 heavy (non-hydrogen) atoms. The second-order valence-corrected chi connectivity index (χ2v) is 30.0. The molecule has 1 aromatic carbocycles. The minimum Gasteiger partial charge on any atom is -0.632 e. The maximum absolute atomic E-state index is 14.2. The van der Waals surface area contributed by atoms with Gasteiger partial charge in [0.2, 0.25) is 10.0 Å². The van der Waals surface area contributed by atoms with E-state index in [-0.39, 0.29) is 126 Å². The maximum atomic E-state index is 14.2. The number of hydrogen-bond donors (Lipinski definition) is 11. The molecule has 9 fully saturated rings. The number of benzene rings is 1. The van der Waals surface area contributed by atoms with Gasteiger partial charge in [-0.25, -0.2) is 16.8 Å². The van der Waals surface area contributed by atoms with E-state index in [4.69, 9.17) is 10.6 Å². The van der Waals surface area contributed by atoms with Gasteiger partial charge in [0, 0.05) is 5.69 Å². The van der Waals surface area contributed by atoms with Gasteiger partial charge in [-0.3, -0.25) is 34.3 Å². The second kappa shape index (κ2) is 19.5. The average molecular weight is 1120 g/mol. The summed E-state index contributed by atoms with van der Waals surface area (Å²) in [6.07, 6.45) is -0.899. The largest absolute Gasteiger partial charge is 2.00 e. The van der Waals surface area contributed by atoms with Crippen molar-refractivity contribution in [3.05, 3.63) is 34.9 Å². The van der Waals surface area contributed by atoms with Gasteiger partial charge in [0.25, 0.3) is 30.4 Å². The van der Waals surface area contributed by atoms with E-state index in [1.54, 1.807) is 0 Å². The first-order chi connectivity index (χ1) is 32.0. The minimum atomic E-state index is -4.39. The summed E-state index contributed by atoms with van der Waals surface area (Å²) in [4.78, 5) is -0.0530. The van der Waals surface area contributed by atoms with Gasteiger partial charge in [0.15, 0.2) is 9.84 Å². The molecule has 0 spiro atoms. The Balaban J connectivity index is 0.00000593. The van der Waals surface area contributed by atoms with Crippen molar-refractivity contribution in [1.82, 2.24) is 31.9 Å². The first-order valence-electron chi connectivity index (χ1n) is 23.8. The van der Waals surface area contributed by atoms with Crippen LogP contribution in [0.25, 0.3) is 10.6 Å². The topological polar surface area (TPSA) is 364 Å². The maximum Gasteiger partial charge on any atom is 2.00 e. The molecule has 5 aliphatic heterocycles. The molecule has 5 saturated heterocycles. The van der Waals surface area contributed by atoms with Gasteiger partial charge in [0.1, 0.15) is 0 Å². The number of sulfone groups is 1. The van der Waals surface area contributed by atoms with Gasteiger partial charge >= 0.3 is 17.1 Å². The van der Waals surface area contributed by atoms with Crippen LogP contribution < -0.4 is 36.6 Å². The van der Waals surface area contributed by atoms with Crippen LogP contribution in [-0.2, 0) is 67.3 Å². The molecule has 393 valence electrons. The fraction of sp³-hybridized carbons (Fsp3) is 0.850. The van der Waals surface area contributed by atoms with Crippen molar-refractivity contribution in [1.29, 1.82) is 0 Å². The Morgan fingerprint density at radius 1 is 0.464 bits per heavy atom. The number of hydrogen-bond acceptors (Lipinski definition) is 17. The van der Waals surface area contributed by atoms with Crippen molar-refractivity contribution in [2.75, 3.05) is 17.1 Å². The van der Waals surface area contributed by atoms with Gasteiger partial charge in [-0.2, -0.15) is 25.3 Å². The standard InChI is InChI=1S/C40H63N9O14S5.Cu/c50-13-14-64(51,52)20-3-1-19(2-4-20)49-65(53,54)21-5-9-25-29(15-21)37-41-33(25)43-38-31-17-23(67(58,59)60)7-11-27(31)35(45-38)47-40-32-18-24(68(61,62)63)8-12-28(32)36(48-40)46-39-30-16-22(66(55,56)57)6-10-26(30)34(42-37)44-39;/h1-4,21-40,42-43,45-50H,5-18H2,(H,55,56,57)(H,58,59,60)(H,61,62,63);/q-2;+2. The molecule has 29 heteroatoms. The molecular formula is C40H63CuN9O14S5. The average Bonchev–Trinajstić information content (AvgIpc) is 4.00. The summed E-state index contributed by atoms with van der Waals surface area (Å²) in [5, 5.41) is 38.2. The second-order valence-electron chi connectivity index (χ2n) is 20.8. The molecule has 8 bridgehead atoms. The molecule has 20 atom stereocenters. The van der Waals surface area contributed by atoms with Crippen molar-refractivity contribution >= 4 is 55.9 Å². The van der Waals surface area contributed by atoms with Crippen LogP contribution >= 0.6 is 0 Å². The zero-order valence-corrected chi connectivity index (χ0v) is 42.4. The molecule has 9 aliphatic rings. The molecular weight excluding hydrogens is 1050 g/mol. The Labute approximate surface area is 414 Å². The fourth-order valence-corrected chi connectivity index (χ4v) is 19.2. The zero-order valence-electron chi connectivity index (χ0n) is 37.4. The predicted molar refractivity (Wildman–Crippen MR) is 247 cm³/mol. The minimum absolute atomic E-state index is 0. The van der Waals surface area contributed by atoms with E-state index in [0.29, 0.717) is 25.7 Å². The normalized spacial score (nSPS) is 43.7. The molecule has 4 saturated carbocycles. The summed E-state index contributed by atoms with van der Waals surface area (Å²) < 4.78 is 162. The number of fused-ring (bicyclic) bond motifs is 20. The van der Waals surface area contributed by atoms with Crippen molar-refractivity contribution in [3.63, 3.8) is 0 Å². The number of anilines is 1. The first-order valence-corrected chi connectivity index (χ1v) is 31.5. The Hall–Kier alpha value is -1.19. The monoisotopic (exact) mass is 1120 g/mol. The quantitative estimate of drug-likeness (QED) is 0.114. The number of rotatable bonds is 9. The molecule has 1 radical (unpaired) electrons. The molecule has 23 nitrogen and oxygen atoms in total. The van der Waals surface area contributed by atoms with Crippen molar-refractivity contribution in [2.45, 2.75) is 152 Å². The molecule has 0 amide bonds. The molecule has 5 heterocycles. The van der Waals surface area contributed by atoms with E-state index >= 15 is 0 Å². The number of sulfonamides is 1. The van der Waals surface area contributed by atoms with Gasteiger partial charge < -0.3 is 31.7 Å². The van der Waals surface area contributed by atoms with E-state index in [2.05, 4.69) is 36.6 Å². The molecule has 11 N–H and O–H groups in total. The summed E-state index contributed by atoms with van der Waals surface area (Å²) in [7, 11) is -20.9. The van der Waals surface area contributed by atoms with E-state index in [1.165, 1.54) is 24.3 Å². The molecule has 20 unspecified atom stereocenters. The van der Waals surface area contributed by atoms with Gasteiger partial charge in [-0.1, -0.05) is 24.7 Å². The third-order valence-corrected chi connectivity index (χ3v) is 24.6. The van der Waals surface area contributed by atoms with Crippen LogP contribution in [0.3, 0.4) is 0 Å². The number of aliphatic hydroxyl groups excluding tert-OH is 1. The molecule has 1 aromatic rings. The van der Waals surface area contributed by atoms with Gasteiger partial charge in [0.05, 0.1) is 62.9 Å². The predicted octanol–water partition coefficient (Wildman–Crippen LogP) is -0.0434. The molecule has 4 aliphatic carbocycles. The smallest absolute Gasteiger partial charge is 0.632 e. The van der Waals surface area contributed by atoms with Crippen molar-refractivity contribution in [3.8, 4) is 0 Å². The van der Waals surface area contributed by atoms with Crippen LogP contribution in [0.1, 0.15) is 77.0 Å². The van der Waals surface area contributed by atoms with Crippen LogP contribution in [0.2, 0.25) is 0 Å². The van der Waals surface area contributed by atoms with E-state index in [0.717, 1.165) is 0 Å². The Bertz CT molecular complexity index is 2610. The summed E-state index contributed by atoms with van der Waals surface area (Å²) in [5.41, 5.74) is 0.175. The summed E-state index contributed by atoms with van der Waals surface area (Å²) in [6.45, 7) is -0.560. The van der Waals surface area contributed by atoms with Crippen LogP contribution in [0.15, 0.2) is 29.2 Å². The van der Waals surface area contributed by atoms with Crippen molar-refractivity contribution < 1.29 is 77.9 Å². The fourth-order valence-electron chi connectivity index (χ4n) is 13.9. The third kappa shape index (κ3) is 10.5. The Kier molecular flexibility index (Phi) is 14.9. The zero-order chi connectivity index (χ0) is 48.3. The van der Waals surface area contributed by atoms with Crippen LogP contribution in [0.5, 0.6) is 0 Å². The number of nitrogens with zero attached hydrogens (tertiary/aromatic N) is 2. The summed E-state index contributed by atoms with van der Waals surface area (Å²) >= 11 is 0. The molecule has 0 aromatic heterocycles. The Morgan fingerprint density at radius 2 is 0.826 bits per heavy atom. The van der Waals surface area contributed by atoms with E-state index in [1.807, 2.05) is 0 Å². The summed E-state index contributed by atoms with van der Waals surface area (Å²) in [6, 6.07) is 5.31. The van der Waals surface area contributed by atoms with Crippen molar-refractivity contribution in [2.24, 2.45) is 47.3 Å². The van der Waals surface area contributed by atoms with Gasteiger partial charge in [-0.15, -0.1) is 0 Å². The number of nitrogens with one attached hydrogen (secondary N) is 7. The first kappa shape index (κ1) is 52.7. The van der Waals surface area contributed by atoms with Crippen LogP contribution in [0.4, 0.5) is 5.69 Å². The van der Waals surface area contributed by atoms with E-state index in [9.17, 15) is 60.9 Å². The number of aliphatic hydroxyl groups is 1. The molecule has 10 rings (SSSR count).